The van der Waals surface area contributed by atoms with Crippen LogP contribution in [0.15, 0.2) is 0 Å². The third-order valence-corrected chi connectivity index (χ3v) is 2.28. The molecule has 0 fully saturated rings. The molecule has 0 aliphatic rings. The Labute approximate surface area is 88.8 Å². The van der Waals surface area contributed by atoms with Crippen LogP contribution in [-0.4, -0.2) is 47.6 Å². The first-order chi connectivity index (χ1) is 6.99. The molecule has 0 unspecified atom stereocenters. The Hall–Kier alpha value is -0.500. The van der Waals surface area contributed by atoms with E-state index in [4.69, 9.17) is 5.11 Å². The molecule has 0 aliphatic carbocycles. The summed E-state index contributed by atoms with van der Waals surface area (Å²) in [6, 6.07) is 0. The van der Waals surface area contributed by atoms with E-state index in [-0.39, 0.29) is 13.1 Å². The van der Waals surface area contributed by atoms with E-state index in [1.165, 1.54) is 13.8 Å². The Balaban J connectivity index is 5.12. The van der Waals surface area contributed by atoms with Crippen molar-refractivity contribution in [3.05, 3.63) is 0 Å². The molecular weight excluding hydrogens is 240 g/mol. The van der Waals surface area contributed by atoms with Crippen LogP contribution in [0.4, 0.5) is 26.3 Å². The van der Waals surface area contributed by atoms with Crippen molar-refractivity contribution in [1.82, 2.24) is 4.90 Å². The van der Waals surface area contributed by atoms with Gasteiger partial charge in [0.15, 0.2) is 0 Å². The number of aliphatic hydroxyl groups is 1. The Kier molecular flexibility index (Phi) is 4.64. The van der Waals surface area contributed by atoms with E-state index in [0.717, 1.165) is 4.90 Å². The second-order valence-electron chi connectivity index (χ2n) is 3.32. The normalized spacial score (nSPS) is 14.6. The predicted molar refractivity (Wildman–Crippen MR) is 44.8 cm³/mol. The zero-order chi connectivity index (χ0) is 13.2. The second kappa shape index (κ2) is 4.79. The first-order valence-corrected chi connectivity index (χ1v) is 4.57. The molecule has 0 radical (unpaired) electrons. The topological polar surface area (TPSA) is 23.5 Å². The molecule has 0 saturated heterocycles. The molecule has 0 bridgehead atoms. The van der Waals surface area contributed by atoms with Crippen molar-refractivity contribution < 1.29 is 31.4 Å². The van der Waals surface area contributed by atoms with Gasteiger partial charge in [-0.15, -0.1) is 0 Å². The highest BCUT2D eigenvalue weighted by Crippen LogP contribution is 2.43. The van der Waals surface area contributed by atoms with Crippen molar-refractivity contribution in [1.29, 1.82) is 0 Å². The lowest BCUT2D eigenvalue weighted by atomic mass is 10.0. The van der Waals surface area contributed by atoms with Gasteiger partial charge in [0.1, 0.15) is 0 Å². The fraction of sp³-hybridized carbons (Fsp3) is 1.00. The average molecular weight is 253 g/mol. The van der Waals surface area contributed by atoms with Gasteiger partial charge in [-0.2, -0.15) is 26.3 Å². The van der Waals surface area contributed by atoms with Crippen LogP contribution in [0.2, 0.25) is 0 Å². The monoisotopic (exact) mass is 253 g/mol. The SMILES string of the molecule is CCN(CC)CC(O)(C(F)(F)F)C(F)(F)F. The number of rotatable bonds is 4. The molecule has 0 heterocycles. The number of likely N-dealkylation sites (N-methyl/N-ethyl adjacent to an activating group) is 1. The van der Waals surface area contributed by atoms with Crippen LogP contribution in [0.1, 0.15) is 13.8 Å². The van der Waals surface area contributed by atoms with Gasteiger partial charge in [0, 0.05) is 6.54 Å². The summed E-state index contributed by atoms with van der Waals surface area (Å²) in [7, 11) is 0. The number of nitrogens with zero attached hydrogens (tertiary/aromatic N) is 1. The molecule has 0 spiro atoms. The van der Waals surface area contributed by atoms with Crippen molar-refractivity contribution in [2.75, 3.05) is 19.6 Å². The molecule has 0 aromatic carbocycles. The lowest BCUT2D eigenvalue weighted by molar-refractivity contribution is -0.370. The van der Waals surface area contributed by atoms with Gasteiger partial charge < -0.3 is 10.0 Å². The van der Waals surface area contributed by atoms with Crippen molar-refractivity contribution >= 4 is 0 Å². The summed E-state index contributed by atoms with van der Waals surface area (Å²) in [5.74, 6) is 0. The Morgan fingerprint density at radius 3 is 1.38 bits per heavy atom. The maximum absolute atomic E-state index is 12.2. The third-order valence-electron chi connectivity index (χ3n) is 2.28. The average Bonchev–Trinajstić information content (AvgIpc) is 2.10. The molecule has 1 N–H and O–H groups in total. The van der Waals surface area contributed by atoms with Crippen LogP contribution < -0.4 is 0 Å². The fourth-order valence-electron chi connectivity index (χ4n) is 1.11. The molecule has 0 aromatic heterocycles. The fourth-order valence-corrected chi connectivity index (χ4v) is 1.11. The molecule has 0 amide bonds. The van der Waals surface area contributed by atoms with E-state index in [9.17, 15) is 26.3 Å². The largest absolute Gasteiger partial charge is 0.427 e. The van der Waals surface area contributed by atoms with Gasteiger partial charge in [-0.05, 0) is 13.1 Å². The van der Waals surface area contributed by atoms with E-state index in [0.29, 0.717) is 0 Å². The highest BCUT2D eigenvalue weighted by molar-refractivity contribution is 4.96. The minimum Gasteiger partial charge on any atom is -0.373 e. The van der Waals surface area contributed by atoms with E-state index in [1.54, 1.807) is 0 Å². The van der Waals surface area contributed by atoms with Crippen LogP contribution in [0, 0.1) is 0 Å². The molecule has 8 heteroatoms. The highest BCUT2D eigenvalue weighted by atomic mass is 19.4. The molecule has 0 aromatic rings. The summed E-state index contributed by atoms with van der Waals surface area (Å²) >= 11 is 0. The maximum atomic E-state index is 12.2. The minimum atomic E-state index is -5.74. The second-order valence-corrected chi connectivity index (χ2v) is 3.32. The Bertz CT molecular complexity index is 206. The zero-order valence-electron chi connectivity index (χ0n) is 8.78. The number of hydrogen-bond donors (Lipinski definition) is 1. The van der Waals surface area contributed by atoms with Gasteiger partial charge in [0.05, 0.1) is 0 Å². The maximum Gasteiger partial charge on any atom is 0.427 e. The van der Waals surface area contributed by atoms with Crippen LogP contribution in [0.3, 0.4) is 0 Å². The van der Waals surface area contributed by atoms with Gasteiger partial charge in [0.2, 0.25) is 0 Å². The summed E-state index contributed by atoms with van der Waals surface area (Å²) in [5.41, 5.74) is -4.67. The molecule has 16 heavy (non-hydrogen) atoms. The van der Waals surface area contributed by atoms with E-state index in [1.807, 2.05) is 0 Å². The summed E-state index contributed by atoms with van der Waals surface area (Å²) in [6.07, 6.45) is -11.5. The van der Waals surface area contributed by atoms with Crippen molar-refractivity contribution in [2.24, 2.45) is 0 Å². The van der Waals surface area contributed by atoms with E-state index >= 15 is 0 Å². The minimum absolute atomic E-state index is 0.00896. The number of halogens is 6. The van der Waals surface area contributed by atoms with Gasteiger partial charge in [-0.1, -0.05) is 13.8 Å². The van der Waals surface area contributed by atoms with Crippen LogP contribution in [0.25, 0.3) is 0 Å². The molecule has 98 valence electrons. The molecule has 0 rings (SSSR count). The number of alkyl halides is 6. The van der Waals surface area contributed by atoms with Gasteiger partial charge in [-0.25, -0.2) is 0 Å². The molecular formula is C8H13F6NO. The third kappa shape index (κ3) is 3.00. The van der Waals surface area contributed by atoms with Gasteiger partial charge in [-0.3, -0.25) is 0 Å². The zero-order valence-corrected chi connectivity index (χ0v) is 8.78. The van der Waals surface area contributed by atoms with E-state index < -0.39 is 24.5 Å². The Morgan fingerprint density at radius 2 is 1.19 bits per heavy atom. The summed E-state index contributed by atoms with van der Waals surface area (Å²) in [6.45, 7) is 1.30. The lowest BCUT2D eigenvalue weighted by Crippen LogP contribution is -2.62. The first kappa shape index (κ1) is 15.5. The van der Waals surface area contributed by atoms with Crippen molar-refractivity contribution in [3.8, 4) is 0 Å². The van der Waals surface area contributed by atoms with Gasteiger partial charge in [0.25, 0.3) is 5.60 Å². The number of hydrogen-bond acceptors (Lipinski definition) is 2. The first-order valence-electron chi connectivity index (χ1n) is 4.57. The summed E-state index contributed by atoms with van der Waals surface area (Å²) < 4.78 is 73.4. The van der Waals surface area contributed by atoms with Crippen molar-refractivity contribution in [2.45, 2.75) is 31.8 Å². The van der Waals surface area contributed by atoms with Crippen LogP contribution in [0.5, 0.6) is 0 Å². The molecule has 0 saturated carbocycles. The molecule has 2 nitrogen and oxygen atoms in total. The summed E-state index contributed by atoms with van der Waals surface area (Å²) in [4.78, 5) is 0.862. The smallest absolute Gasteiger partial charge is 0.373 e. The standard InChI is InChI=1S/C8H13F6NO/c1-3-15(4-2)5-6(16,7(9,10)11)8(12,13)14/h16H,3-5H2,1-2H3. The Morgan fingerprint density at radius 1 is 0.875 bits per heavy atom. The summed E-state index contributed by atoms with van der Waals surface area (Å²) in [5, 5.41) is 8.83. The predicted octanol–water partition coefficient (Wildman–Crippen LogP) is 2.18. The molecule has 0 aliphatic heterocycles. The van der Waals surface area contributed by atoms with E-state index in [2.05, 4.69) is 0 Å². The van der Waals surface area contributed by atoms with Crippen LogP contribution in [-0.2, 0) is 0 Å². The van der Waals surface area contributed by atoms with Crippen LogP contribution >= 0.6 is 0 Å². The highest BCUT2D eigenvalue weighted by Gasteiger charge is 2.70. The quantitative estimate of drug-likeness (QED) is 0.776. The lowest BCUT2D eigenvalue weighted by Gasteiger charge is -2.36. The van der Waals surface area contributed by atoms with Gasteiger partial charge >= 0.3 is 12.4 Å². The molecule has 0 atom stereocenters. The van der Waals surface area contributed by atoms with Crippen molar-refractivity contribution in [3.63, 3.8) is 0 Å².